The van der Waals surface area contributed by atoms with Crippen molar-refractivity contribution in [1.82, 2.24) is 0 Å². The van der Waals surface area contributed by atoms with E-state index in [1.54, 1.807) is 14.2 Å². The van der Waals surface area contributed by atoms with Gasteiger partial charge >= 0.3 is 0 Å². The molecule has 0 amide bonds. The van der Waals surface area contributed by atoms with Gasteiger partial charge in [-0.25, -0.2) is 0 Å². The second kappa shape index (κ2) is 5.53. The number of nitrogens with zero attached hydrogens (tertiary/aromatic N) is 1. The van der Waals surface area contributed by atoms with E-state index in [9.17, 15) is 5.11 Å². The lowest BCUT2D eigenvalue weighted by atomic mass is 9.76. The molecule has 3 atom stereocenters. The molecule has 4 heteroatoms. The zero-order valence-corrected chi connectivity index (χ0v) is 13.5. The van der Waals surface area contributed by atoms with E-state index in [2.05, 4.69) is 17.1 Å². The molecular formula is C19H21NO3. The highest BCUT2D eigenvalue weighted by Crippen LogP contribution is 2.46. The van der Waals surface area contributed by atoms with Gasteiger partial charge in [-0.1, -0.05) is 18.2 Å². The quantitative estimate of drug-likeness (QED) is 0.934. The Morgan fingerprint density at radius 3 is 2.78 bits per heavy atom. The second-order valence-corrected chi connectivity index (χ2v) is 6.32. The van der Waals surface area contributed by atoms with E-state index >= 15 is 0 Å². The molecule has 120 valence electrons. The van der Waals surface area contributed by atoms with E-state index < -0.39 is 6.10 Å². The van der Waals surface area contributed by atoms with E-state index in [0.29, 0.717) is 11.5 Å². The Hall–Kier alpha value is -2.07. The fourth-order valence-corrected chi connectivity index (χ4v) is 4.08. The summed E-state index contributed by atoms with van der Waals surface area (Å²) in [6, 6.07) is 5.82. The number of hydrogen-bond donors (Lipinski definition) is 1. The molecule has 4 nitrogen and oxygen atoms in total. The van der Waals surface area contributed by atoms with Gasteiger partial charge in [0.25, 0.3) is 0 Å². The van der Waals surface area contributed by atoms with Gasteiger partial charge < -0.3 is 14.6 Å². The Morgan fingerprint density at radius 2 is 2.00 bits per heavy atom. The summed E-state index contributed by atoms with van der Waals surface area (Å²) in [5.74, 6) is 1.88. The van der Waals surface area contributed by atoms with Crippen LogP contribution >= 0.6 is 0 Å². The molecule has 1 saturated carbocycles. The van der Waals surface area contributed by atoms with Crippen molar-refractivity contribution < 1.29 is 14.6 Å². The highest BCUT2D eigenvalue weighted by molar-refractivity contribution is 6.07. The molecule has 2 aliphatic carbocycles. The van der Waals surface area contributed by atoms with Gasteiger partial charge in [0.1, 0.15) is 0 Å². The first-order valence-electron chi connectivity index (χ1n) is 8.09. The van der Waals surface area contributed by atoms with Crippen LogP contribution in [0.4, 0.5) is 0 Å². The summed E-state index contributed by atoms with van der Waals surface area (Å²) in [6.07, 6.45) is 6.03. The van der Waals surface area contributed by atoms with Crippen molar-refractivity contribution in [1.29, 1.82) is 0 Å². The molecule has 1 aliphatic heterocycles. The molecule has 0 bridgehead atoms. The van der Waals surface area contributed by atoms with Crippen LogP contribution in [0.1, 0.15) is 18.4 Å². The fourth-order valence-electron chi connectivity index (χ4n) is 4.08. The Bertz CT molecular complexity index is 732. The smallest absolute Gasteiger partial charge is 0.161 e. The molecule has 3 aliphatic rings. The molecule has 1 aromatic carbocycles. The van der Waals surface area contributed by atoms with E-state index in [4.69, 9.17) is 9.47 Å². The Kier molecular flexibility index (Phi) is 3.49. The van der Waals surface area contributed by atoms with Crippen molar-refractivity contribution in [3.8, 4) is 11.5 Å². The van der Waals surface area contributed by atoms with Gasteiger partial charge in [0, 0.05) is 17.5 Å². The van der Waals surface area contributed by atoms with Gasteiger partial charge in [-0.05, 0) is 41.7 Å². The van der Waals surface area contributed by atoms with Gasteiger partial charge in [-0.3, -0.25) is 4.99 Å². The average Bonchev–Trinajstić information content (AvgIpc) is 3.18. The molecule has 1 N–H and O–H groups in total. The largest absolute Gasteiger partial charge is 0.493 e. The number of rotatable bonds is 3. The topological polar surface area (TPSA) is 51.0 Å². The molecule has 23 heavy (non-hydrogen) atoms. The van der Waals surface area contributed by atoms with Crippen LogP contribution < -0.4 is 9.47 Å². The van der Waals surface area contributed by atoms with Crippen LogP contribution in [0.3, 0.4) is 0 Å². The Balaban J connectivity index is 1.72. The normalized spacial score (nSPS) is 28.5. The monoisotopic (exact) mass is 311 g/mol. The van der Waals surface area contributed by atoms with Gasteiger partial charge in [0.2, 0.25) is 0 Å². The number of aliphatic hydroxyl groups is 1. The summed E-state index contributed by atoms with van der Waals surface area (Å²) in [5.41, 5.74) is 4.55. The SMILES string of the molecule is COc1ccc(C2=CC3C4=NCC=C4CCC3C2O)cc1OC. The molecule has 0 aromatic heterocycles. The van der Waals surface area contributed by atoms with Gasteiger partial charge in [-0.2, -0.15) is 0 Å². The summed E-state index contributed by atoms with van der Waals surface area (Å²) in [5, 5.41) is 10.8. The lowest BCUT2D eigenvalue weighted by Crippen LogP contribution is -2.31. The lowest BCUT2D eigenvalue weighted by Gasteiger charge is -2.29. The predicted octanol–water partition coefficient (Wildman–Crippen LogP) is 2.87. The predicted molar refractivity (Wildman–Crippen MR) is 90.1 cm³/mol. The number of ether oxygens (including phenoxy) is 2. The van der Waals surface area contributed by atoms with Crippen molar-refractivity contribution in [2.24, 2.45) is 16.8 Å². The first-order chi connectivity index (χ1) is 11.2. The van der Waals surface area contributed by atoms with Gasteiger partial charge in [-0.15, -0.1) is 0 Å². The third-order valence-electron chi connectivity index (χ3n) is 5.25. The number of benzene rings is 1. The standard InChI is InChI=1S/C19H21NO3/c1-22-16-6-4-12(9-17(16)23-2)14-10-15-13(19(14)21)5-3-11-7-8-20-18(11)15/h4,6-7,9-10,13,15,19,21H,3,5,8H2,1-2H3. The van der Waals surface area contributed by atoms with Gasteiger partial charge in [0.15, 0.2) is 11.5 Å². The van der Waals surface area contributed by atoms with Crippen LogP contribution in [-0.4, -0.2) is 37.7 Å². The summed E-state index contributed by atoms with van der Waals surface area (Å²) in [4.78, 5) is 4.65. The van der Waals surface area contributed by atoms with Crippen molar-refractivity contribution in [2.45, 2.75) is 18.9 Å². The molecule has 0 saturated heterocycles. The maximum absolute atomic E-state index is 10.8. The van der Waals surface area contributed by atoms with Crippen LogP contribution in [0.5, 0.6) is 11.5 Å². The number of methoxy groups -OCH3 is 2. The number of aliphatic imine (C=N–C) groups is 1. The highest BCUT2D eigenvalue weighted by Gasteiger charge is 2.43. The minimum Gasteiger partial charge on any atom is -0.493 e. The van der Waals surface area contributed by atoms with E-state index in [0.717, 1.165) is 30.5 Å². The molecule has 1 heterocycles. The number of aliphatic hydroxyl groups excluding tert-OH is 1. The molecule has 4 rings (SSSR count). The van der Waals surface area contributed by atoms with Crippen LogP contribution in [0, 0.1) is 11.8 Å². The third-order valence-corrected chi connectivity index (χ3v) is 5.25. The van der Waals surface area contributed by atoms with Gasteiger partial charge in [0.05, 0.1) is 26.9 Å². The van der Waals surface area contributed by atoms with Crippen molar-refractivity contribution in [3.63, 3.8) is 0 Å². The van der Waals surface area contributed by atoms with Crippen molar-refractivity contribution in [3.05, 3.63) is 41.5 Å². The molecule has 0 spiro atoms. The van der Waals surface area contributed by atoms with Crippen LogP contribution in [0.2, 0.25) is 0 Å². The van der Waals surface area contributed by atoms with Crippen molar-refractivity contribution >= 4 is 11.3 Å². The summed E-state index contributed by atoms with van der Waals surface area (Å²) >= 11 is 0. The maximum atomic E-state index is 10.8. The first kappa shape index (κ1) is 14.5. The van der Waals surface area contributed by atoms with Crippen molar-refractivity contribution in [2.75, 3.05) is 20.8 Å². The Labute approximate surface area is 136 Å². The second-order valence-electron chi connectivity index (χ2n) is 6.32. The molecule has 1 fully saturated rings. The summed E-state index contributed by atoms with van der Waals surface area (Å²) in [7, 11) is 3.26. The third kappa shape index (κ3) is 2.20. The minimum absolute atomic E-state index is 0.243. The highest BCUT2D eigenvalue weighted by atomic mass is 16.5. The number of hydrogen-bond acceptors (Lipinski definition) is 4. The molecule has 0 radical (unpaired) electrons. The zero-order chi connectivity index (χ0) is 16.0. The first-order valence-corrected chi connectivity index (χ1v) is 8.09. The average molecular weight is 311 g/mol. The molecular weight excluding hydrogens is 290 g/mol. The van der Waals surface area contributed by atoms with Crippen LogP contribution in [0.15, 0.2) is 40.9 Å². The molecule has 1 aromatic rings. The van der Waals surface area contributed by atoms with Crippen LogP contribution in [0.25, 0.3) is 5.57 Å². The van der Waals surface area contributed by atoms with E-state index in [1.807, 2.05) is 18.2 Å². The maximum Gasteiger partial charge on any atom is 0.161 e. The summed E-state index contributed by atoms with van der Waals surface area (Å²) in [6.45, 7) is 0.795. The number of allylic oxidation sites excluding steroid dienone is 2. The zero-order valence-electron chi connectivity index (χ0n) is 13.5. The Morgan fingerprint density at radius 1 is 1.17 bits per heavy atom. The lowest BCUT2D eigenvalue weighted by molar-refractivity contribution is 0.153. The minimum atomic E-state index is -0.442. The van der Waals surface area contributed by atoms with Crippen LogP contribution in [-0.2, 0) is 0 Å². The van der Waals surface area contributed by atoms with E-state index in [-0.39, 0.29) is 11.8 Å². The molecule has 3 unspecified atom stereocenters. The summed E-state index contributed by atoms with van der Waals surface area (Å²) < 4.78 is 10.7. The van der Waals surface area contributed by atoms with E-state index in [1.165, 1.54) is 11.3 Å². The number of fused-ring (bicyclic) bond motifs is 3. The fraction of sp³-hybridized carbons (Fsp3) is 0.421.